The highest BCUT2D eigenvalue weighted by atomic mass is 35.5. The second-order valence-corrected chi connectivity index (χ2v) is 12.2. The number of nitrogens with zero attached hydrogens (tertiary/aromatic N) is 6. The molecule has 14 heteroatoms. The summed E-state index contributed by atoms with van der Waals surface area (Å²) in [5.41, 5.74) is 0.648. The minimum atomic E-state index is -1.63. The fourth-order valence-corrected chi connectivity index (χ4v) is 6.39. The lowest BCUT2D eigenvalue weighted by molar-refractivity contribution is 0.0406. The number of aromatic hydroxyl groups is 1. The maximum absolute atomic E-state index is 14.8. The summed E-state index contributed by atoms with van der Waals surface area (Å²) < 4.78 is 36.0. The van der Waals surface area contributed by atoms with Crippen LogP contribution in [0.25, 0.3) is 28.0 Å². The molecule has 4 aromatic rings. The van der Waals surface area contributed by atoms with Crippen molar-refractivity contribution < 1.29 is 18.6 Å². The SMILES string of the molecule is C=CCOCN1CCN(c2c(C#N)c(=O)n(-c3c(C)ccnc3C(C)C)c3nc(-c4c(Cl)c(O)c(F)c(F)c4Cl)c(Cl)cc23)CC1. The molecule has 1 N–H and O–H groups in total. The van der Waals surface area contributed by atoms with Gasteiger partial charge in [0, 0.05) is 43.3 Å². The number of fused-ring (bicyclic) bond motifs is 1. The lowest BCUT2D eigenvalue weighted by Crippen LogP contribution is -2.48. The van der Waals surface area contributed by atoms with Gasteiger partial charge in [0.25, 0.3) is 5.56 Å². The van der Waals surface area contributed by atoms with Crippen LogP contribution in [0.15, 0.2) is 35.8 Å². The number of halogens is 5. The summed E-state index contributed by atoms with van der Waals surface area (Å²) in [5.74, 6) is -4.49. The monoisotopic (exact) mass is 688 g/mol. The predicted octanol–water partition coefficient (Wildman–Crippen LogP) is 6.98. The van der Waals surface area contributed by atoms with Crippen molar-refractivity contribution in [1.29, 1.82) is 5.26 Å². The molecule has 0 bridgehead atoms. The van der Waals surface area contributed by atoms with Gasteiger partial charge in [-0.3, -0.25) is 19.2 Å². The van der Waals surface area contributed by atoms with Crippen molar-refractivity contribution in [2.24, 2.45) is 0 Å². The first-order chi connectivity index (χ1) is 21.9. The first kappa shape index (κ1) is 33.6. The summed E-state index contributed by atoms with van der Waals surface area (Å²) in [6, 6.07) is 5.32. The van der Waals surface area contributed by atoms with Crippen molar-refractivity contribution in [2.75, 3.05) is 44.4 Å². The zero-order valence-electron chi connectivity index (χ0n) is 25.2. The second kappa shape index (κ2) is 13.5. The van der Waals surface area contributed by atoms with Crippen LogP contribution in [0.4, 0.5) is 14.5 Å². The first-order valence-corrected chi connectivity index (χ1v) is 15.4. The number of anilines is 1. The van der Waals surface area contributed by atoms with Gasteiger partial charge in [-0.2, -0.15) is 9.65 Å². The maximum atomic E-state index is 14.8. The molecule has 1 aromatic carbocycles. The molecular formula is C32H29Cl3F2N6O3. The van der Waals surface area contributed by atoms with E-state index in [4.69, 9.17) is 44.5 Å². The maximum Gasteiger partial charge on any atom is 0.276 e. The quantitative estimate of drug-likeness (QED) is 0.0915. The molecule has 0 aliphatic carbocycles. The zero-order chi connectivity index (χ0) is 33.4. The van der Waals surface area contributed by atoms with Gasteiger partial charge >= 0.3 is 0 Å². The average Bonchev–Trinajstić information content (AvgIpc) is 3.03. The van der Waals surface area contributed by atoms with Crippen LogP contribution in [-0.2, 0) is 4.74 Å². The molecule has 0 spiro atoms. The standard InChI is InChI=1S/C32H29Cl3F2N6O3/c1-5-12-46-15-41-8-10-42(11-9-41)29-18-13-20(33)27(21-22(34)24(36)25(37)30(44)23(21)35)40-31(18)43(32(45)19(29)14-38)28-17(4)6-7-39-26(28)16(2)3/h5-7,13,16,44H,1,8-12,15H2,2-4H3. The van der Waals surface area contributed by atoms with E-state index in [-0.39, 0.29) is 33.4 Å². The molecular weight excluding hydrogens is 661 g/mol. The van der Waals surface area contributed by atoms with Gasteiger partial charge in [-0.1, -0.05) is 54.7 Å². The van der Waals surface area contributed by atoms with Gasteiger partial charge in [-0.15, -0.1) is 6.58 Å². The first-order valence-electron chi connectivity index (χ1n) is 14.3. The molecule has 1 aliphatic rings. The van der Waals surface area contributed by atoms with E-state index in [1.54, 1.807) is 25.3 Å². The van der Waals surface area contributed by atoms with Crippen molar-refractivity contribution in [3.05, 3.63) is 84.9 Å². The molecule has 1 saturated heterocycles. The van der Waals surface area contributed by atoms with Crippen LogP contribution in [-0.4, -0.2) is 64.1 Å². The molecule has 46 heavy (non-hydrogen) atoms. The predicted molar refractivity (Wildman–Crippen MR) is 176 cm³/mol. The number of aromatic nitrogens is 3. The van der Waals surface area contributed by atoms with Crippen molar-refractivity contribution >= 4 is 51.5 Å². The molecule has 1 fully saturated rings. The molecule has 5 rings (SSSR count). The Bertz CT molecular complexity index is 1940. The van der Waals surface area contributed by atoms with Crippen LogP contribution in [0.5, 0.6) is 5.75 Å². The summed E-state index contributed by atoms with van der Waals surface area (Å²) in [5, 5.41) is 19.5. The molecule has 4 heterocycles. The van der Waals surface area contributed by atoms with Gasteiger partial charge in [0.2, 0.25) is 5.82 Å². The summed E-state index contributed by atoms with van der Waals surface area (Å²) in [6.07, 6.45) is 3.29. The van der Waals surface area contributed by atoms with E-state index >= 15 is 0 Å². The molecule has 0 amide bonds. The van der Waals surface area contributed by atoms with E-state index in [1.807, 2.05) is 18.7 Å². The second-order valence-electron chi connectivity index (χ2n) is 11.1. The van der Waals surface area contributed by atoms with Gasteiger partial charge < -0.3 is 14.7 Å². The summed E-state index contributed by atoms with van der Waals surface area (Å²) >= 11 is 19.3. The van der Waals surface area contributed by atoms with E-state index in [9.17, 15) is 23.9 Å². The molecule has 240 valence electrons. The Kier molecular flexibility index (Phi) is 9.86. The fourth-order valence-electron chi connectivity index (χ4n) is 5.56. The number of piperazine rings is 1. The van der Waals surface area contributed by atoms with Crippen LogP contribution >= 0.6 is 34.8 Å². The van der Waals surface area contributed by atoms with Crippen LogP contribution in [0, 0.1) is 29.9 Å². The lowest BCUT2D eigenvalue weighted by atomic mass is 10.0. The summed E-state index contributed by atoms with van der Waals surface area (Å²) in [6.45, 7) is 12.1. The number of ether oxygens (including phenoxy) is 1. The summed E-state index contributed by atoms with van der Waals surface area (Å²) in [4.78, 5) is 27.7. The van der Waals surface area contributed by atoms with Crippen molar-refractivity contribution in [1.82, 2.24) is 19.4 Å². The Morgan fingerprint density at radius 2 is 1.85 bits per heavy atom. The number of aryl methyl sites for hydroxylation is 1. The number of benzene rings is 1. The van der Waals surface area contributed by atoms with Crippen LogP contribution < -0.4 is 10.5 Å². The minimum absolute atomic E-state index is 0.0458. The topological polar surface area (TPSA) is 108 Å². The highest BCUT2D eigenvalue weighted by Gasteiger charge is 2.31. The molecule has 0 unspecified atom stereocenters. The minimum Gasteiger partial charge on any atom is -0.504 e. The number of phenols is 1. The van der Waals surface area contributed by atoms with Gasteiger partial charge in [0.1, 0.15) is 17.3 Å². The van der Waals surface area contributed by atoms with Crippen LogP contribution in [0.2, 0.25) is 15.1 Å². The van der Waals surface area contributed by atoms with Gasteiger partial charge in [0.05, 0.1) is 51.2 Å². The highest BCUT2D eigenvalue weighted by molar-refractivity contribution is 6.42. The lowest BCUT2D eigenvalue weighted by Gasteiger charge is -2.36. The largest absolute Gasteiger partial charge is 0.504 e. The Labute approximate surface area is 278 Å². The van der Waals surface area contributed by atoms with Crippen LogP contribution in [0.3, 0.4) is 0 Å². The number of pyridine rings is 3. The Hall–Kier alpha value is -3.79. The van der Waals surface area contributed by atoms with E-state index in [0.29, 0.717) is 67.5 Å². The third kappa shape index (κ3) is 5.80. The fraction of sp³-hybridized carbons (Fsp3) is 0.312. The normalized spacial score (nSPS) is 13.9. The molecule has 3 aromatic heterocycles. The van der Waals surface area contributed by atoms with E-state index in [1.165, 1.54) is 10.6 Å². The highest BCUT2D eigenvalue weighted by Crippen LogP contribution is 2.46. The number of phenolic OH excluding ortho intramolecular Hbond substituents is 1. The Balaban J connectivity index is 1.85. The Morgan fingerprint density at radius 1 is 1.15 bits per heavy atom. The van der Waals surface area contributed by atoms with E-state index in [2.05, 4.69) is 22.5 Å². The van der Waals surface area contributed by atoms with E-state index in [0.717, 1.165) is 0 Å². The number of hydrogen-bond acceptors (Lipinski definition) is 8. The van der Waals surface area contributed by atoms with Crippen LogP contribution in [0.1, 0.15) is 36.6 Å². The smallest absolute Gasteiger partial charge is 0.276 e. The van der Waals surface area contributed by atoms with Crippen molar-refractivity contribution in [3.63, 3.8) is 0 Å². The molecule has 1 aliphatic heterocycles. The Morgan fingerprint density at radius 3 is 2.48 bits per heavy atom. The summed E-state index contributed by atoms with van der Waals surface area (Å²) in [7, 11) is 0. The average molecular weight is 690 g/mol. The number of hydrogen-bond donors (Lipinski definition) is 1. The van der Waals surface area contributed by atoms with Crippen molar-refractivity contribution in [3.8, 4) is 28.8 Å². The molecule has 9 nitrogen and oxygen atoms in total. The zero-order valence-corrected chi connectivity index (χ0v) is 27.4. The molecule has 0 saturated carbocycles. The third-order valence-corrected chi connectivity index (χ3v) is 8.80. The number of rotatable bonds is 8. The van der Waals surface area contributed by atoms with Gasteiger partial charge in [-0.25, -0.2) is 9.37 Å². The third-order valence-electron chi connectivity index (χ3n) is 7.79. The number of nitriles is 1. The van der Waals surface area contributed by atoms with E-state index < -0.39 is 33.0 Å². The molecule has 0 atom stereocenters. The van der Waals surface area contributed by atoms with Gasteiger partial charge in [-0.05, 0) is 30.5 Å². The molecule has 0 radical (unpaired) electrons. The van der Waals surface area contributed by atoms with Gasteiger partial charge in [0.15, 0.2) is 11.6 Å². The van der Waals surface area contributed by atoms with Crippen molar-refractivity contribution in [2.45, 2.75) is 26.7 Å².